The minimum absolute atomic E-state index is 0.00325. The first kappa shape index (κ1) is 14.6. The number of fused-ring (bicyclic) bond motifs is 1. The standard InChI is InChI=1S/C14H14N4O3S/c1-7(22-14-15-8(2)17-18-14)13(20)9-3-4-11-10(5-9)16-12(19)6-21-11/h3-5,7H,6H2,1-2H3,(H,16,19)(H,15,17,18)/t7-/m0/s1. The van der Waals surface area contributed by atoms with E-state index in [1.54, 1.807) is 32.0 Å². The molecule has 114 valence electrons. The topological polar surface area (TPSA) is 97.0 Å². The Morgan fingerprint density at radius 1 is 1.45 bits per heavy atom. The normalized spacial score (nSPS) is 14.7. The maximum Gasteiger partial charge on any atom is 0.262 e. The summed E-state index contributed by atoms with van der Waals surface area (Å²) in [6, 6.07) is 5.02. The zero-order chi connectivity index (χ0) is 15.7. The molecule has 0 spiro atoms. The summed E-state index contributed by atoms with van der Waals surface area (Å²) in [4.78, 5) is 28.0. The van der Waals surface area contributed by atoms with Crippen molar-refractivity contribution in [3.05, 3.63) is 29.6 Å². The SMILES string of the molecule is Cc1nc(S[C@@H](C)C(=O)c2ccc3c(c2)NC(=O)CO3)n[nH]1. The van der Waals surface area contributed by atoms with Gasteiger partial charge < -0.3 is 10.1 Å². The molecule has 0 bridgehead atoms. The van der Waals surface area contributed by atoms with E-state index < -0.39 is 0 Å². The summed E-state index contributed by atoms with van der Waals surface area (Å²) < 4.78 is 5.28. The van der Waals surface area contributed by atoms with Crippen LogP contribution in [0.3, 0.4) is 0 Å². The van der Waals surface area contributed by atoms with Crippen LogP contribution >= 0.6 is 11.8 Å². The summed E-state index contributed by atoms with van der Waals surface area (Å²) in [5.74, 6) is 0.989. The largest absolute Gasteiger partial charge is 0.482 e. The minimum Gasteiger partial charge on any atom is -0.482 e. The number of benzene rings is 1. The number of carbonyl (C=O) groups is 2. The van der Waals surface area contributed by atoms with E-state index in [-0.39, 0.29) is 23.5 Å². The third-order valence-electron chi connectivity index (χ3n) is 3.13. The summed E-state index contributed by atoms with van der Waals surface area (Å²) >= 11 is 1.28. The smallest absolute Gasteiger partial charge is 0.262 e. The van der Waals surface area contributed by atoms with E-state index in [2.05, 4.69) is 20.5 Å². The fourth-order valence-electron chi connectivity index (χ4n) is 2.06. The van der Waals surface area contributed by atoms with E-state index in [4.69, 9.17) is 4.74 Å². The number of amides is 1. The van der Waals surface area contributed by atoms with Crippen LogP contribution < -0.4 is 10.1 Å². The van der Waals surface area contributed by atoms with Crippen molar-refractivity contribution in [2.24, 2.45) is 0 Å². The highest BCUT2D eigenvalue weighted by Crippen LogP contribution is 2.30. The Kier molecular flexibility index (Phi) is 3.84. The maximum atomic E-state index is 12.5. The van der Waals surface area contributed by atoms with E-state index >= 15 is 0 Å². The van der Waals surface area contributed by atoms with Crippen LogP contribution in [0, 0.1) is 6.92 Å². The van der Waals surface area contributed by atoms with Gasteiger partial charge in [0.2, 0.25) is 5.16 Å². The van der Waals surface area contributed by atoms with Crippen molar-refractivity contribution in [1.82, 2.24) is 15.2 Å². The van der Waals surface area contributed by atoms with Gasteiger partial charge >= 0.3 is 0 Å². The molecule has 1 aliphatic heterocycles. The molecule has 1 aromatic heterocycles. The highest BCUT2D eigenvalue weighted by Gasteiger charge is 2.22. The van der Waals surface area contributed by atoms with E-state index in [1.165, 1.54) is 11.8 Å². The molecule has 1 amide bonds. The lowest BCUT2D eigenvalue weighted by atomic mass is 10.1. The second-order valence-corrected chi connectivity index (χ2v) is 6.18. The Hall–Kier alpha value is -2.35. The number of anilines is 1. The lowest BCUT2D eigenvalue weighted by molar-refractivity contribution is -0.118. The number of rotatable bonds is 4. The number of H-pyrrole nitrogens is 1. The van der Waals surface area contributed by atoms with Crippen LogP contribution in [0.15, 0.2) is 23.4 Å². The highest BCUT2D eigenvalue weighted by molar-refractivity contribution is 8.00. The molecule has 0 saturated heterocycles. The van der Waals surface area contributed by atoms with Crippen molar-refractivity contribution in [3.63, 3.8) is 0 Å². The number of aryl methyl sites for hydroxylation is 1. The van der Waals surface area contributed by atoms with Gasteiger partial charge in [0, 0.05) is 5.56 Å². The highest BCUT2D eigenvalue weighted by atomic mass is 32.2. The monoisotopic (exact) mass is 318 g/mol. The van der Waals surface area contributed by atoms with Crippen molar-refractivity contribution in [2.75, 3.05) is 11.9 Å². The third-order valence-corrected chi connectivity index (χ3v) is 4.09. The van der Waals surface area contributed by atoms with Gasteiger partial charge in [-0.15, -0.1) is 5.10 Å². The molecule has 0 fully saturated rings. The van der Waals surface area contributed by atoms with Gasteiger partial charge in [-0.2, -0.15) is 0 Å². The molecule has 8 heteroatoms. The molecule has 22 heavy (non-hydrogen) atoms. The molecule has 0 aliphatic carbocycles. The fraction of sp³-hybridized carbons (Fsp3) is 0.286. The molecule has 7 nitrogen and oxygen atoms in total. The molecule has 3 rings (SSSR count). The van der Waals surface area contributed by atoms with Crippen LogP contribution in [-0.2, 0) is 4.79 Å². The van der Waals surface area contributed by atoms with Crippen LogP contribution in [0.4, 0.5) is 5.69 Å². The summed E-state index contributed by atoms with van der Waals surface area (Å²) in [6.45, 7) is 3.60. The number of carbonyl (C=O) groups excluding carboxylic acids is 2. The number of Topliss-reactive ketones (excluding diaryl/α,β-unsaturated/α-hetero) is 1. The molecule has 1 aliphatic rings. The van der Waals surface area contributed by atoms with Gasteiger partial charge in [0.05, 0.1) is 10.9 Å². The average molecular weight is 318 g/mol. The number of aromatic nitrogens is 3. The number of hydrogen-bond acceptors (Lipinski definition) is 6. The fourth-order valence-corrected chi connectivity index (χ4v) is 2.90. The number of ketones is 1. The van der Waals surface area contributed by atoms with Crippen LogP contribution in [0.25, 0.3) is 0 Å². The summed E-state index contributed by atoms with van der Waals surface area (Å²) in [6.07, 6.45) is 0. The van der Waals surface area contributed by atoms with Crippen molar-refractivity contribution in [3.8, 4) is 5.75 Å². The summed E-state index contributed by atoms with van der Waals surface area (Å²) in [5, 5.41) is 9.64. The molecule has 2 aromatic rings. The van der Waals surface area contributed by atoms with E-state index in [1.807, 2.05) is 0 Å². The van der Waals surface area contributed by atoms with Crippen LogP contribution in [0.1, 0.15) is 23.1 Å². The molecule has 0 radical (unpaired) electrons. The number of hydrogen-bond donors (Lipinski definition) is 2. The zero-order valence-corrected chi connectivity index (χ0v) is 12.9. The molecule has 0 saturated carbocycles. The molecule has 0 unspecified atom stereocenters. The molecular weight excluding hydrogens is 304 g/mol. The lowest BCUT2D eigenvalue weighted by Crippen LogP contribution is -2.25. The van der Waals surface area contributed by atoms with E-state index in [0.29, 0.717) is 28.0 Å². The Balaban J connectivity index is 1.77. The first-order chi connectivity index (χ1) is 10.5. The zero-order valence-electron chi connectivity index (χ0n) is 12.0. The first-order valence-corrected chi connectivity index (χ1v) is 7.57. The summed E-state index contributed by atoms with van der Waals surface area (Å²) in [7, 11) is 0. The third kappa shape index (κ3) is 2.96. The van der Waals surface area contributed by atoms with E-state index in [9.17, 15) is 9.59 Å². The molecule has 1 aromatic carbocycles. The number of aromatic amines is 1. The summed E-state index contributed by atoms with van der Waals surface area (Å²) in [5.41, 5.74) is 1.03. The van der Waals surface area contributed by atoms with Gasteiger partial charge in [-0.1, -0.05) is 11.8 Å². The van der Waals surface area contributed by atoms with Crippen LogP contribution in [0.2, 0.25) is 0 Å². The average Bonchev–Trinajstić information content (AvgIpc) is 2.90. The van der Waals surface area contributed by atoms with Gasteiger partial charge in [0.15, 0.2) is 12.4 Å². The lowest BCUT2D eigenvalue weighted by Gasteiger charge is -2.18. The predicted octanol–water partition coefficient (Wildman–Crippen LogP) is 1.81. The maximum absolute atomic E-state index is 12.5. The van der Waals surface area contributed by atoms with Gasteiger partial charge in [-0.3, -0.25) is 14.7 Å². The Bertz CT molecular complexity index is 743. The Labute approximate surface area is 130 Å². The van der Waals surface area contributed by atoms with Crippen LogP contribution in [0.5, 0.6) is 5.75 Å². The molecule has 2 heterocycles. The van der Waals surface area contributed by atoms with Crippen molar-refractivity contribution < 1.29 is 14.3 Å². The quantitative estimate of drug-likeness (QED) is 0.659. The Morgan fingerprint density at radius 2 is 2.27 bits per heavy atom. The predicted molar refractivity (Wildman–Crippen MR) is 81.3 cm³/mol. The second-order valence-electron chi connectivity index (χ2n) is 4.88. The molecular formula is C14H14N4O3S. The van der Waals surface area contributed by atoms with Crippen molar-refractivity contribution in [1.29, 1.82) is 0 Å². The number of nitrogens with one attached hydrogen (secondary N) is 2. The number of nitrogens with zero attached hydrogens (tertiary/aromatic N) is 2. The Morgan fingerprint density at radius 3 is 3.00 bits per heavy atom. The van der Waals surface area contributed by atoms with Gasteiger partial charge in [-0.05, 0) is 32.0 Å². The van der Waals surface area contributed by atoms with Crippen molar-refractivity contribution in [2.45, 2.75) is 24.3 Å². The van der Waals surface area contributed by atoms with Gasteiger partial charge in [0.1, 0.15) is 11.6 Å². The molecule has 2 N–H and O–H groups in total. The number of ether oxygens (including phenoxy) is 1. The number of thioether (sulfide) groups is 1. The minimum atomic E-state index is -0.339. The van der Waals surface area contributed by atoms with Gasteiger partial charge in [-0.25, -0.2) is 4.98 Å². The van der Waals surface area contributed by atoms with Crippen molar-refractivity contribution >= 4 is 29.1 Å². The van der Waals surface area contributed by atoms with Gasteiger partial charge in [0.25, 0.3) is 5.91 Å². The van der Waals surface area contributed by atoms with E-state index in [0.717, 1.165) is 0 Å². The second kappa shape index (κ2) is 5.80. The molecule has 1 atom stereocenters. The first-order valence-electron chi connectivity index (χ1n) is 6.69. The van der Waals surface area contributed by atoms with Crippen LogP contribution in [-0.4, -0.2) is 38.7 Å².